The summed E-state index contributed by atoms with van der Waals surface area (Å²) in [4.78, 5) is 21.4. The molecule has 194 valence electrons. The average molecular weight is 527 g/mol. The molecule has 0 bridgehead atoms. The highest BCUT2D eigenvalue weighted by Crippen LogP contribution is 2.27. The maximum Gasteiger partial charge on any atom is 0.292 e. The molecule has 1 atom stereocenters. The number of benzene rings is 3. The summed E-state index contributed by atoms with van der Waals surface area (Å²) in [6.45, 7) is 4.39. The van der Waals surface area contributed by atoms with Gasteiger partial charge in [0.25, 0.3) is 5.91 Å². The zero-order chi connectivity index (χ0) is 26.3. The molecule has 3 aromatic carbocycles. The van der Waals surface area contributed by atoms with E-state index in [1.807, 2.05) is 54.6 Å². The van der Waals surface area contributed by atoms with E-state index >= 15 is 0 Å². The second-order valence-electron chi connectivity index (χ2n) is 9.31. The molecular weight excluding hydrogens is 496 g/mol. The predicted octanol–water partition coefficient (Wildman–Crippen LogP) is 4.37. The van der Waals surface area contributed by atoms with Crippen molar-refractivity contribution in [3.05, 3.63) is 114 Å². The number of anilines is 1. The van der Waals surface area contributed by atoms with Crippen molar-refractivity contribution in [2.45, 2.75) is 12.3 Å². The number of pyridine rings is 1. The summed E-state index contributed by atoms with van der Waals surface area (Å²) in [5.74, 6) is 0.107. The summed E-state index contributed by atoms with van der Waals surface area (Å²) in [5.41, 5.74) is 5.67. The van der Waals surface area contributed by atoms with E-state index < -0.39 is 11.4 Å². The molecule has 1 saturated heterocycles. The van der Waals surface area contributed by atoms with E-state index in [2.05, 4.69) is 31.6 Å². The summed E-state index contributed by atoms with van der Waals surface area (Å²) in [5, 5.41) is 9.85. The Bertz CT molecular complexity index is 1360. The number of aromatic hydroxyl groups is 1. The largest absolute Gasteiger partial charge is 0.593 e. The second-order valence-corrected chi connectivity index (χ2v) is 10.5. The molecule has 0 radical (unpaired) electrons. The van der Waals surface area contributed by atoms with Gasteiger partial charge in [-0.1, -0.05) is 54.6 Å². The number of amides is 1. The van der Waals surface area contributed by atoms with E-state index in [1.54, 1.807) is 24.4 Å². The molecule has 0 spiro atoms. The number of piperazine rings is 1. The molecule has 1 aliphatic heterocycles. The lowest BCUT2D eigenvalue weighted by atomic mass is 10.0. The van der Waals surface area contributed by atoms with Crippen molar-refractivity contribution in [1.82, 2.24) is 14.6 Å². The van der Waals surface area contributed by atoms with Gasteiger partial charge in [-0.25, -0.2) is 0 Å². The molecule has 2 heterocycles. The van der Waals surface area contributed by atoms with Crippen molar-refractivity contribution in [3.63, 3.8) is 0 Å². The summed E-state index contributed by atoms with van der Waals surface area (Å²) in [6, 6.07) is 26.9. The van der Waals surface area contributed by atoms with E-state index in [9.17, 15) is 14.5 Å². The van der Waals surface area contributed by atoms with Crippen molar-refractivity contribution in [2.24, 2.45) is 0 Å². The van der Waals surface area contributed by atoms with Gasteiger partial charge in [-0.3, -0.25) is 14.7 Å². The molecule has 0 aliphatic carbocycles. The minimum Gasteiger partial charge on any atom is -0.593 e. The Morgan fingerprint density at radius 2 is 1.63 bits per heavy atom. The van der Waals surface area contributed by atoms with Gasteiger partial charge in [0.2, 0.25) is 0 Å². The average Bonchev–Trinajstić information content (AvgIpc) is 2.94. The number of rotatable bonds is 8. The standard InChI is InChI=1S/C30H30N4O3S/c35-28-18-26(19-31-20-28)29-9-5-4-8-25(29)21-33-14-16-34(17-15-33)27-12-10-24(11-13-27)30(36)32-38(37)22-23-6-2-1-3-7-23/h1-13,18-20,35H,14-17,21-22H2,(H,32,36). The molecule has 0 saturated carbocycles. The van der Waals surface area contributed by atoms with Crippen molar-refractivity contribution in [1.29, 1.82) is 0 Å². The van der Waals surface area contributed by atoms with Crippen LogP contribution < -0.4 is 9.62 Å². The van der Waals surface area contributed by atoms with E-state index in [0.717, 1.165) is 55.1 Å². The number of nitrogens with zero attached hydrogens (tertiary/aromatic N) is 3. The Balaban J connectivity index is 1.14. The fraction of sp³-hybridized carbons (Fsp3) is 0.200. The van der Waals surface area contributed by atoms with Gasteiger partial charge in [-0.15, -0.1) is 0 Å². The van der Waals surface area contributed by atoms with Crippen molar-refractivity contribution < 1.29 is 14.5 Å². The summed E-state index contributed by atoms with van der Waals surface area (Å²) < 4.78 is 14.9. The number of carbonyl (C=O) groups is 1. The lowest BCUT2D eigenvalue weighted by Crippen LogP contribution is -2.46. The van der Waals surface area contributed by atoms with Crippen molar-refractivity contribution in [2.75, 3.05) is 31.1 Å². The van der Waals surface area contributed by atoms with E-state index in [1.165, 1.54) is 11.8 Å². The Morgan fingerprint density at radius 1 is 0.921 bits per heavy atom. The lowest BCUT2D eigenvalue weighted by molar-refractivity contribution is 0.0981. The van der Waals surface area contributed by atoms with Crippen LogP contribution in [0.4, 0.5) is 5.69 Å². The van der Waals surface area contributed by atoms with Gasteiger partial charge in [0.15, 0.2) is 5.75 Å². The Kier molecular flexibility index (Phi) is 8.23. The highest BCUT2D eigenvalue weighted by molar-refractivity contribution is 7.89. The predicted molar refractivity (Wildman–Crippen MR) is 151 cm³/mol. The molecule has 1 aromatic heterocycles. The third-order valence-electron chi connectivity index (χ3n) is 6.66. The van der Waals surface area contributed by atoms with Crippen LogP contribution in [0.3, 0.4) is 0 Å². The number of carbonyl (C=O) groups excluding carboxylic acids is 1. The van der Waals surface area contributed by atoms with E-state index in [0.29, 0.717) is 5.56 Å². The van der Waals surface area contributed by atoms with Crippen LogP contribution in [0.1, 0.15) is 21.5 Å². The van der Waals surface area contributed by atoms with E-state index in [-0.39, 0.29) is 17.4 Å². The topological polar surface area (TPSA) is 91.8 Å². The molecule has 4 aromatic rings. The van der Waals surface area contributed by atoms with Crippen LogP contribution in [0.5, 0.6) is 5.75 Å². The first-order valence-electron chi connectivity index (χ1n) is 12.6. The van der Waals surface area contributed by atoms with Gasteiger partial charge in [-0.05, 0) is 41.5 Å². The Hall–Kier alpha value is -3.85. The number of hydrogen-bond donors (Lipinski definition) is 2. The fourth-order valence-corrected chi connectivity index (χ4v) is 5.56. The molecule has 8 heteroatoms. The second kappa shape index (κ2) is 12.1. The van der Waals surface area contributed by atoms with Crippen molar-refractivity contribution in [3.8, 4) is 16.9 Å². The maximum atomic E-state index is 12.6. The quantitative estimate of drug-likeness (QED) is 0.331. The van der Waals surface area contributed by atoms with Crippen LogP contribution >= 0.6 is 0 Å². The minimum absolute atomic E-state index is 0.162. The lowest BCUT2D eigenvalue weighted by Gasteiger charge is -2.36. The minimum atomic E-state index is -1.48. The zero-order valence-corrected chi connectivity index (χ0v) is 21.8. The van der Waals surface area contributed by atoms with Gasteiger partial charge in [0.1, 0.15) is 5.75 Å². The van der Waals surface area contributed by atoms with Crippen molar-refractivity contribution >= 4 is 23.0 Å². The molecule has 38 heavy (non-hydrogen) atoms. The Labute approximate surface area is 226 Å². The van der Waals surface area contributed by atoms with Gasteiger partial charge >= 0.3 is 0 Å². The smallest absolute Gasteiger partial charge is 0.292 e. The first-order valence-corrected chi connectivity index (χ1v) is 13.9. The third-order valence-corrected chi connectivity index (χ3v) is 7.67. The van der Waals surface area contributed by atoms with Crippen LogP contribution in [0.2, 0.25) is 0 Å². The van der Waals surface area contributed by atoms with Crippen LogP contribution in [0.25, 0.3) is 11.1 Å². The third kappa shape index (κ3) is 6.52. The van der Waals surface area contributed by atoms with Gasteiger partial charge < -0.3 is 14.6 Å². The maximum absolute atomic E-state index is 12.6. The molecule has 1 unspecified atom stereocenters. The SMILES string of the molecule is O=C(N[S+]([O-])Cc1ccccc1)c1ccc(N2CCN(Cc3ccccc3-c3cncc(O)c3)CC2)cc1. The van der Waals surface area contributed by atoms with Gasteiger partial charge in [0.05, 0.1) is 17.6 Å². The number of nitrogens with one attached hydrogen (secondary N) is 1. The van der Waals surface area contributed by atoms with Crippen LogP contribution in [-0.2, 0) is 23.7 Å². The van der Waals surface area contributed by atoms with E-state index in [4.69, 9.17) is 0 Å². The molecular formula is C30H30N4O3S. The van der Waals surface area contributed by atoms with Gasteiger partial charge in [-0.2, -0.15) is 4.72 Å². The molecule has 1 amide bonds. The summed E-state index contributed by atoms with van der Waals surface area (Å²) in [7, 11) is 0. The molecule has 5 rings (SSSR count). The zero-order valence-electron chi connectivity index (χ0n) is 21.0. The Morgan fingerprint density at radius 3 is 2.37 bits per heavy atom. The number of hydrogen-bond acceptors (Lipinski definition) is 6. The summed E-state index contributed by atoms with van der Waals surface area (Å²) in [6.07, 6.45) is 3.22. The highest BCUT2D eigenvalue weighted by Gasteiger charge is 2.20. The molecule has 2 N–H and O–H groups in total. The monoisotopic (exact) mass is 526 g/mol. The van der Waals surface area contributed by atoms with Crippen LogP contribution in [0.15, 0.2) is 97.3 Å². The van der Waals surface area contributed by atoms with Crippen LogP contribution in [0, 0.1) is 0 Å². The first kappa shape index (κ1) is 25.8. The molecule has 1 aliphatic rings. The first-order chi connectivity index (χ1) is 18.5. The summed E-state index contributed by atoms with van der Waals surface area (Å²) >= 11 is -1.48. The van der Waals surface area contributed by atoms with Gasteiger partial charge in [0, 0.05) is 61.3 Å². The molecule has 1 fully saturated rings. The fourth-order valence-electron chi connectivity index (χ4n) is 4.67. The highest BCUT2D eigenvalue weighted by atomic mass is 32.2. The molecule has 7 nitrogen and oxygen atoms in total. The normalized spacial score (nSPS) is 14.7. The number of aromatic nitrogens is 1. The van der Waals surface area contributed by atoms with Crippen LogP contribution in [-0.4, -0.2) is 51.6 Å².